The van der Waals surface area contributed by atoms with Gasteiger partial charge in [-0.15, -0.1) is 11.3 Å². The Bertz CT molecular complexity index is 764. The molecule has 0 N–H and O–H groups in total. The van der Waals surface area contributed by atoms with Gasteiger partial charge in [-0.2, -0.15) is 13.2 Å². The minimum atomic E-state index is -4.43. The maximum absolute atomic E-state index is 13.4. The van der Waals surface area contributed by atoms with E-state index in [0.29, 0.717) is 13.0 Å². The van der Waals surface area contributed by atoms with E-state index in [1.54, 1.807) is 10.4 Å². The molecule has 1 aromatic carbocycles. The highest BCUT2D eigenvalue weighted by molar-refractivity contribution is 7.09. The summed E-state index contributed by atoms with van der Waals surface area (Å²) in [5, 5.41) is 0. The number of esters is 1. The van der Waals surface area contributed by atoms with E-state index in [0.717, 1.165) is 16.1 Å². The molecular formula is C19H21F3N2O2S. The Morgan fingerprint density at radius 3 is 2.67 bits per heavy atom. The van der Waals surface area contributed by atoms with Gasteiger partial charge in [0.25, 0.3) is 0 Å². The van der Waals surface area contributed by atoms with Crippen molar-refractivity contribution in [2.45, 2.75) is 26.1 Å². The summed E-state index contributed by atoms with van der Waals surface area (Å²) in [7, 11) is 0. The van der Waals surface area contributed by atoms with Crippen LogP contribution < -0.4 is 0 Å². The van der Waals surface area contributed by atoms with Gasteiger partial charge in [-0.3, -0.25) is 9.69 Å². The zero-order valence-corrected chi connectivity index (χ0v) is 15.7. The fraction of sp³-hybridized carbons (Fsp3) is 0.474. The standard InChI is InChI=1S/C19H21F3N2O2S/c1-13-17(27-12-23-13)7-8-26-18(25)15-10-24(11-16(15)19(20,21)22)9-14-5-3-2-4-6-14/h2-6,12,15-16H,7-11H2,1H3/t15-,16+/m0/s1. The summed E-state index contributed by atoms with van der Waals surface area (Å²) in [6, 6.07) is 9.29. The van der Waals surface area contributed by atoms with Crippen LogP contribution in [0.2, 0.25) is 0 Å². The number of thiazole rings is 1. The highest BCUT2D eigenvalue weighted by atomic mass is 32.1. The number of alkyl halides is 3. The molecule has 8 heteroatoms. The fourth-order valence-electron chi connectivity index (χ4n) is 3.34. The molecule has 2 heterocycles. The third kappa shape index (κ3) is 5.07. The molecule has 0 aliphatic carbocycles. The summed E-state index contributed by atoms with van der Waals surface area (Å²) >= 11 is 1.45. The molecule has 1 aliphatic heterocycles. The van der Waals surface area contributed by atoms with Crippen molar-refractivity contribution in [2.75, 3.05) is 19.7 Å². The van der Waals surface area contributed by atoms with Crippen LogP contribution in [0.1, 0.15) is 16.1 Å². The lowest BCUT2D eigenvalue weighted by Gasteiger charge is -2.20. The summed E-state index contributed by atoms with van der Waals surface area (Å²) in [4.78, 5) is 19.1. The first-order valence-corrected chi connectivity index (χ1v) is 9.61. The van der Waals surface area contributed by atoms with E-state index in [2.05, 4.69) is 4.98 Å². The van der Waals surface area contributed by atoms with Crippen molar-refractivity contribution < 1.29 is 22.7 Å². The Hall–Kier alpha value is -1.93. The second-order valence-corrected chi connectivity index (χ2v) is 7.65. The van der Waals surface area contributed by atoms with E-state index in [9.17, 15) is 18.0 Å². The first kappa shape index (κ1) is 19.8. The van der Waals surface area contributed by atoms with Gasteiger partial charge in [-0.25, -0.2) is 4.98 Å². The SMILES string of the molecule is Cc1ncsc1CCOC(=O)[C@H]1CN(Cc2ccccc2)C[C@H]1C(F)(F)F. The number of hydrogen-bond acceptors (Lipinski definition) is 5. The van der Waals surface area contributed by atoms with Crippen molar-refractivity contribution in [3.05, 3.63) is 52.0 Å². The Morgan fingerprint density at radius 1 is 1.30 bits per heavy atom. The van der Waals surface area contributed by atoms with Gasteiger partial charge in [0.05, 0.1) is 29.6 Å². The minimum Gasteiger partial charge on any atom is -0.465 e. The monoisotopic (exact) mass is 398 g/mol. The number of carbonyl (C=O) groups excluding carboxylic acids is 1. The van der Waals surface area contributed by atoms with Gasteiger partial charge in [0.2, 0.25) is 0 Å². The Morgan fingerprint density at radius 2 is 2.04 bits per heavy atom. The van der Waals surface area contributed by atoms with Crippen LogP contribution in [0.4, 0.5) is 13.2 Å². The molecule has 3 rings (SSSR count). The summed E-state index contributed by atoms with van der Waals surface area (Å²) in [5.41, 5.74) is 3.48. The van der Waals surface area contributed by atoms with Crippen LogP contribution in [0.3, 0.4) is 0 Å². The quantitative estimate of drug-likeness (QED) is 0.694. The van der Waals surface area contributed by atoms with E-state index >= 15 is 0 Å². The molecular weight excluding hydrogens is 377 g/mol. The van der Waals surface area contributed by atoms with Crippen LogP contribution >= 0.6 is 11.3 Å². The molecule has 1 fully saturated rings. The third-order valence-electron chi connectivity index (χ3n) is 4.79. The van der Waals surface area contributed by atoms with Gasteiger partial charge in [0.15, 0.2) is 0 Å². The molecule has 1 aliphatic rings. The molecule has 1 aromatic heterocycles. The average Bonchev–Trinajstić information content (AvgIpc) is 3.22. The van der Waals surface area contributed by atoms with Crippen molar-refractivity contribution in [3.63, 3.8) is 0 Å². The molecule has 27 heavy (non-hydrogen) atoms. The van der Waals surface area contributed by atoms with Crippen molar-refractivity contribution in [2.24, 2.45) is 11.8 Å². The fourth-order valence-corrected chi connectivity index (χ4v) is 4.11. The zero-order valence-electron chi connectivity index (χ0n) is 14.9. The molecule has 0 saturated carbocycles. The number of aryl methyl sites for hydroxylation is 1. The number of aromatic nitrogens is 1. The predicted molar refractivity (Wildman–Crippen MR) is 96.3 cm³/mol. The Labute approximate surface area is 160 Å². The molecule has 4 nitrogen and oxygen atoms in total. The normalized spacial score (nSPS) is 20.7. The van der Waals surface area contributed by atoms with Crippen molar-refractivity contribution in [1.82, 2.24) is 9.88 Å². The van der Waals surface area contributed by atoms with E-state index in [1.165, 1.54) is 11.3 Å². The van der Waals surface area contributed by atoms with Crippen LogP contribution in [0.5, 0.6) is 0 Å². The number of likely N-dealkylation sites (tertiary alicyclic amines) is 1. The number of rotatable bonds is 6. The summed E-state index contributed by atoms with van der Waals surface area (Å²) < 4.78 is 45.5. The van der Waals surface area contributed by atoms with Crippen LogP contribution in [0.25, 0.3) is 0 Å². The first-order chi connectivity index (χ1) is 12.8. The van der Waals surface area contributed by atoms with Gasteiger partial charge in [0, 0.05) is 30.9 Å². The highest BCUT2D eigenvalue weighted by Crippen LogP contribution is 2.38. The Kier molecular flexibility index (Phi) is 6.16. The van der Waals surface area contributed by atoms with Gasteiger partial charge in [-0.1, -0.05) is 30.3 Å². The third-order valence-corrected chi connectivity index (χ3v) is 5.78. The molecule has 0 spiro atoms. The number of nitrogens with zero attached hydrogens (tertiary/aromatic N) is 2. The van der Waals surface area contributed by atoms with Crippen LogP contribution in [-0.4, -0.2) is 41.7 Å². The summed E-state index contributed by atoms with van der Waals surface area (Å²) in [6.07, 6.45) is -3.96. The molecule has 0 unspecified atom stereocenters. The maximum atomic E-state index is 13.4. The lowest BCUT2D eigenvalue weighted by atomic mass is 9.96. The van der Waals surface area contributed by atoms with Gasteiger partial charge < -0.3 is 4.74 Å². The number of carbonyl (C=O) groups is 1. The molecule has 2 atom stereocenters. The average molecular weight is 398 g/mol. The number of hydrogen-bond donors (Lipinski definition) is 0. The predicted octanol–water partition coefficient (Wildman–Crippen LogP) is 3.85. The zero-order chi connectivity index (χ0) is 19.4. The van der Waals surface area contributed by atoms with Gasteiger partial charge in [-0.05, 0) is 12.5 Å². The molecule has 0 bridgehead atoms. The van der Waals surface area contributed by atoms with E-state index in [1.807, 2.05) is 37.3 Å². The summed E-state index contributed by atoms with van der Waals surface area (Å²) in [6.45, 7) is 2.17. The van der Waals surface area contributed by atoms with Crippen LogP contribution in [0, 0.1) is 18.8 Å². The topological polar surface area (TPSA) is 42.4 Å². The highest BCUT2D eigenvalue weighted by Gasteiger charge is 2.52. The van der Waals surface area contributed by atoms with E-state index in [-0.39, 0.29) is 19.7 Å². The molecule has 0 amide bonds. The maximum Gasteiger partial charge on any atom is 0.393 e. The lowest BCUT2D eigenvalue weighted by molar-refractivity contribution is -0.190. The molecule has 2 aromatic rings. The van der Waals surface area contributed by atoms with Crippen LogP contribution in [0.15, 0.2) is 35.8 Å². The van der Waals surface area contributed by atoms with Crippen LogP contribution in [-0.2, 0) is 22.5 Å². The van der Waals surface area contributed by atoms with Crippen molar-refractivity contribution in [1.29, 1.82) is 0 Å². The first-order valence-electron chi connectivity index (χ1n) is 8.73. The second-order valence-electron chi connectivity index (χ2n) is 6.71. The Balaban J connectivity index is 1.60. The van der Waals surface area contributed by atoms with Crippen molar-refractivity contribution >= 4 is 17.3 Å². The minimum absolute atomic E-state index is 0.0531. The van der Waals surface area contributed by atoms with Crippen molar-refractivity contribution in [3.8, 4) is 0 Å². The molecule has 146 valence electrons. The second kappa shape index (κ2) is 8.39. The van der Waals surface area contributed by atoms with E-state index in [4.69, 9.17) is 4.74 Å². The van der Waals surface area contributed by atoms with Gasteiger partial charge in [0.1, 0.15) is 0 Å². The number of ether oxygens (including phenoxy) is 1. The number of halogens is 3. The van der Waals surface area contributed by atoms with E-state index < -0.39 is 24.0 Å². The largest absolute Gasteiger partial charge is 0.465 e. The van der Waals surface area contributed by atoms with Gasteiger partial charge >= 0.3 is 12.1 Å². The smallest absolute Gasteiger partial charge is 0.393 e. The molecule has 0 radical (unpaired) electrons. The molecule has 1 saturated heterocycles. The summed E-state index contributed by atoms with van der Waals surface area (Å²) in [5.74, 6) is -3.65. The number of benzene rings is 1. The lowest BCUT2D eigenvalue weighted by Crippen LogP contribution is -2.35.